The standard InChI is InChI=1S/C25H34N4O8S/c1-17(24(31)26-25(2,3)4)27(15-18-8-11-20(36-5)12-9-18)23(30)16-28(38(7,34)35)21-14-19(29(32)33)10-13-22(21)37-6/h8-14,17H,15-16H2,1-7H3,(H,26,31)/t17-/m0/s1. The van der Waals surface area contributed by atoms with Crippen molar-refractivity contribution in [2.45, 2.75) is 45.8 Å². The number of anilines is 1. The van der Waals surface area contributed by atoms with Crippen molar-refractivity contribution in [3.05, 3.63) is 58.1 Å². The summed E-state index contributed by atoms with van der Waals surface area (Å²) in [6.07, 6.45) is 0.877. The highest BCUT2D eigenvalue weighted by atomic mass is 32.2. The van der Waals surface area contributed by atoms with Crippen LogP contribution >= 0.6 is 0 Å². The first-order valence-corrected chi connectivity index (χ1v) is 13.5. The van der Waals surface area contributed by atoms with Gasteiger partial charge >= 0.3 is 0 Å². The molecule has 1 atom stereocenters. The molecule has 2 amide bonds. The van der Waals surface area contributed by atoms with E-state index in [9.17, 15) is 28.1 Å². The summed E-state index contributed by atoms with van der Waals surface area (Å²) in [4.78, 5) is 38.6. The first kappa shape index (κ1) is 30.4. The lowest BCUT2D eigenvalue weighted by Crippen LogP contribution is -2.54. The molecule has 1 N–H and O–H groups in total. The number of benzene rings is 2. The molecule has 0 unspecified atom stereocenters. The highest BCUT2D eigenvalue weighted by molar-refractivity contribution is 7.92. The number of ether oxygens (including phenoxy) is 2. The van der Waals surface area contributed by atoms with Gasteiger partial charge in [-0.25, -0.2) is 8.42 Å². The largest absolute Gasteiger partial charge is 0.497 e. The second-order valence-corrected chi connectivity index (χ2v) is 11.6. The Labute approximate surface area is 222 Å². The molecule has 0 spiro atoms. The first-order valence-electron chi connectivity index (χ1n) is 11.6. The monoisotopic (exact) mass is 550 g/mol. The predicted octanol–water partition coefficient (Wildman–Crippen LogP) is 2.71. The number of amides is 2. The maximum absolute atomic E-state index is 13.7. The van der Waals surface area contributed by atoms with Gasteiger partial charge in [0.05, 0.1) is 25.4 Å². The van der Waals surface area contributed by atoms with Crippen LogP contribution in [0, 0.1) is 10.1 Å². The van der Waals surface area contributed by atoms with E-state index in [1.54, 1.807) is 52.0 Å². The fourth-order valence-electron chi connectivity index (χ4n) is 3.57. The molecule has 0 saturated carbocycles. The summed E-state index contributed by atoms with van der Waals surface area (Å²) in [6, 6.07) is 9.33. The summed E-state index contributed by atoms with van der Waals surface area (Å²) >= 11 is 0. The summed E-state index contributed by atoms with van der Waals surface area (Å²) in [6.45, 7) is 6.21. The number of non-ortho nitro benzene ring substituents is 1. The zero-order chi connectivity index (χ0) is 28.8. The summed E-state index contributed by atoms with van der Waals surface area (Å²) < 4.78 is 36.7. The molecule has 0 aliphatic carbocycles. The van der Waals surface area contributed by atoms with Crippen LogP contribution in [0.1, 0.15) is 33.3 Å². The number of carbonyl (C=O) groups is 2. The molecule has 0 saturated heterocycles. The highest BCUT2D eigenvalue weighted by Gasteiger charge is 2.33. The SMILES string of the molecule is COc1ccc(CN(C(=O)CN(c2cc([N+](=O)[O-])ccc2OC)S(C)(=O)=O)[C@@H](C)C(=O)NC(C)(C)C)cc1. The van der Waals surface area contributed by atoms with Gasteiger partial charge in [-0.05, 0) is 51.5 Å². The van der Waals surface area contributed by atoms with Gasteiger partial charge in [0.25, 0.3) is 5.69 Å². The van der Waals surface area contributed by atoms with Crippen molar-refractivity contribution in [1.82, 2.24) is 10.2 Å². The Morgan fingerprint density at radius 2 is 1.68 bits per heavy atom. The molecule has 13 heteroatoms. The molecular formula is C25H34N4O8S. The normalized spacial score (nSPS) is 12.3. The Morgan fingerprint density at radius 1 is 1.08 bits per heavy atom. The molecule has 208 valence electrons. The average Bonchev–Trinajstić information content (AvgIpc) is 2.83. The maximum Gasteiger partial charge on any atom is 0.271 e. The minimum Gasteiger partial charge on any atom is -0.497 e. The summed E-state index contributed by atoms with van der Waals surface area (Å²) in [5.74, 6) is -0.505. The molecular weight excluding hydrogens is 516 g/mol. The number of sulfonamides is 1. The fraction of sp³-hybridized carbons (Fsp3) is 0.440. The van der Waals surface area contributed by atoms with Crippen molar-refractivity contribution in [3.8, 4) is 11.5 Å². The van der Waals surface area contributed by atoms with Crippen LogP contribution in [0.2, 0.25) is 0 Å². The van der Waals surface area contributed by atoms with E-state index in [1.807, 2.05) is 0 Å². The molecule has 38 heavy (non-hydrogen) atoms. The van der Waals surface area contributed by atoms with Gasteiger partial charge in [0, 0.05) is 24.2 Å². The molecule has 0 bridgehead atoms. The van der Waals surface area contributed by atoms with Crippen molar-refractivity contribution in [2.24, 2.45) is 0 Å². The summed E-state index contributed by atoms with van der Waals surface area (Å²) in [5, 5.41) is 14.2. The van der Waals surface area contributed by atoms with Gasteiger partial charge in [-0.3, -0.25) is 24.0 Å². The third kappa shape index (κ3) is 8.07. The van der Waals surface area contributed by atoms with Crippen LogP contribution < -0.4 is 19.1 Å². The van der Waals surface area contributed by atoms with Crippen LogP contribution in [0.15, 0.2) is 42.5 Å². The van der Waals surface area contributed by atoms with E-state index in [-0.39, 0.29) is 23.7 Å². The van der Waals surface area contributed by atoms with Crippen LogP contribution in [0.4, 0.5) is 11.4 Å². The number of nitro benzene ring substituents is 1. The van der Waals surface area contributed by atoms with E-state index < -0.39 is 44.9 Å². The quantitative estimate of drug-likeness (QED) is 0.332. The third-order valence-corrected chi connectivity index (χ3v) is 6.63. The Morgan fingerprint density at radius 3 is 2.16 bits per heavy atom. The van der Waals surface area contributed by atoms with E-state index in [4.69, 9.17) is 9.47 Å². The Bertz CT molecular complexity index is 1270. The van der Waals surface area contributed by atoms with E-state index in [0.29, 0.717) is 11.3 Å². The number of methoxy groups -OCH3 is 2. The highest BCUT2D eigenvalue weighted by Crippen LogP contribution is 2.34. The van der Waals surface area contributed by atoms with E-state index in [1.165, 1.54) is 31.3 Å². The van der Waals surface area contributed by atoms with Gasteiger partial charge in [0.15, 0.2) is 0 Å². The number of hydrogen-bond acceptors (Lipinski definition) is 8. The molecule has 2 aromatic rings. The van der Waals surface area contributed by atoms with Gasteiger partial charge in [0.2, 0.25) is 21.8 Å². The van der Waals surface area contributed by atoms with Gasteiger partial charge < -0.3 is 19.7 Å². The zero-order valence-corrected chi connectivity index (χ0v) is 23.4. The fourth-order valence-corrected chi connectivity index (χ4v) is 4.41. The summed E-state index contributed by atoms with van der Waals surface area (Å²) in [5.41, 5.74) is -0.452. The molecule has 0 aromatic heterocycles. The minimum absolute atomic E-state index is 0.00870. The van der Waals surface area contributed by atoms with Crippen molar-refractivity contribution in [3.63, 3.8) is 0 Å². The van der Waals surface area contributed by atoms with Gasteiger partial charge in [-0.1, -0.05) is 12.1 Å². The van der Waals surface area contributed by atoms with Crippen LogP contribution in [0.5, 0.6) is 11.5 Å². The van der Waals surface area contributed by atoms with Crippen LogP contribution in [-0.2, 0) is 26.2 Å². The van der Waals surface area contributed by atoms with E-state index in [2.05, 4.69) is 5.32 Å². The molecule has 0 aliphatic rings. The van der Waals surface area contributed by atoms with Gasteiger partial charge in [-0.2, -0.15) is 0 Å². The third-order valence-electron chi connectivity index (χ3n) is 5.50. The molecule has 2 aromatic carbocycles. The smallest absolute Gasteiger partial charge is 0.271 e. The number of nitrogens with one attached hydrogen (secondary N) is 1. The second kappa shape index (κ2) is 12.1. The number of nitro groups is 1. The van der Waals surface area contributed by atoms with E-state index in [0.717, 1.165) is 16.6 Å². The Hall–Kier alpha value is -3.87. The molecule has 2 rings (SSSR count). The van der Waals surface area contributed by atoms with E-state index >= 15 is 0 Å². The number of hydrogen-bond donors (Lipinski definition) is 1. The Balaban J connectivity index is 2.52. The minimum atomic E-state index is -4.11. The van der Waals surface area contributed by atoms with Crippen LogP contribution in [0.3, 0.4) is 0 Å². The Kier molecular flexibility index (Phi) is 9.68. The van der Waals surface area contributed by atoms with Crippen molar-refractivity contribution >= 4 is 33.2 Å². The van der Waals surface area contributed by atoms with Crippen LogP contribution in [0.25, 0.3) is 0 Å². The lowest BCUT2D eigenvalue weighted by atomic mass is 10.1. The second-order valence-electron chi connectivity index (χ2n) is 9.67. The van der Waals surface area contributed by atoms with Crippen molar-refractivity contribution in [1.29, 1.82) is 0 Å². The van der Waals surface area contributed by atoms with Gasteiger partial charge in [-0.15, -0.1) is 0 Å². The molecule has 0 fully saturated rings. The number of nitrogens with zero attached hydrogens (tertiary/aromatic N) is 3. The van der Waals surface area contributed by atoms with Gasteiger partial charge in [0.1, 0.15) is 29.8 Å². The van der Waals surface area contributed by atoms with Crippen molar-refractivity contribution in [2.75, 3.05) is 31.3 Å². The molecule has 0 heterocycles. The zero-order valence-electron chi connectivity index (χ0n) is 22.5. The lowest BCUT2D eigenvalue weighted by molar-refractivity contribution is -0.384. The molecule has 0 radical (unpaired) electrons. The molecule has 12 nitrogen and oxygen atoms in total. The van der Waals surface area contributed by atoms with Crippen molar-refractivity contribution < 1.29 is 32.4 Å². The first-order chi connectivity index (χ1) is 17.6. The predicted molar refractivity (Wildman–Crippen MR) is 143 cm³/mol. The number of rotatable bonds is 11. The maximum atomic E-state index is 13.7. The summed E-state index contributed by atoms with van der Waals surface area (Å²) in [7, 11) is -1.31. The lowest BCUT2D eigenvalue weighted by Gasteiger charge is -2.33. The average molecular weight is 551 g/mol. The number of carbonyl (C=O) groups excluding carboxylic acids is 2. The topological polar surface area (TPSA) is 148 Å². The molecule has 0 aliphatic heterocycles. The van der Waals surface area contributed by atoms with Crippen LogP contribution in [-0.4, -0.2) is 68.7 Å².